The molecule has 1 aliphatic rings. The number of anilines is 1. The van der Waals surface area contributed by atoms with E-state index in [2.05, 4.69) is 10.3 Å². The van der Waals surface area contributed by atoms with Gasteiger partial charge in [0.25, 0.3) is 18.2 Å². The van der Waals surface area contributed by atoms with Crippen molar-refractivity contribution < 1.29 is 45.4 Å². The van der Waals surface area contributed by atoms with Crippen LogP contribution in [0.15, 0.2) is 30.5 Å². The molecule has 35 heavy (non-hydrogen) atoms. The SMILES string of the molecule is COc1c([C@@H]2[C@@H](C(=O)Nc3ccnc(C(N)=O)c3)O[C@](C)(C(F)(F)F)[C@H]2C)ccc(F)c1C(F)F. The fourth-order valence-electron chi connectivity index (χ4n) is 4.17. The Hall–Kier alpha value is -3.35. The van der Waals surface area contributed by atoms with Gasteiger partial charge < -0.3 is 20.5 Å². The van der Waals surface area contributed by atoms with E-state index in [-0.39, 0.29) is 16.9 Å². The van der Waals surface area contributed by atoms with E-state index in [0.717, 1.165) is 39.3 Å². The molecule has 7 nitrogen and oxygen atoms in total. The molecule has 190 valence electrons. The Morgan fingerprint density at radius 1 is 1.26 bits per heavy atom. The number of pyridine rings is 1. The van der Waals surface area contributed by atoms with Crippen molar-refractivity contribution >= 4 is 17.5 Å². The summed E-state index contributed by atoms with van der Waals surface area (Å²) in [5.74, 6) is -6.92. The van der Waals surface area contributed by atoms with E-state index in [0.29, 0.717) is 6.07 Å². The second kappa shape index (κ2) is 9.36. The molecule has 1 fully saturated rings. The maximum Gasteiger partial charge on any atom is 0.417 e. The van der Waals surface area contributed by atoms with Gasteiger partial charge in [-0.05, 0) is 25.1 Å². The van der Waals surface area contributed by atoms with Crippen LogP contribution in [0.4, 0.5) is 32.0 Å². The molecule has 2 heterocycles. The van der Waals surface area contributed by atoms with Gasteiger partial charge in [0.15, 0.2) is 5.60 Å². The smallest absolute Gasteiger partial charge is 0.417 e. The minimum atomic E-state index is -4.95. The third kappa shape index (κ3) is 4.64. The number of methoxy groups -OCH3 is 1. The summed E-state index contributed by atoms with van der Waals surface area (Å²) in [6.07, 6.45) is -9.00. The number of hydrogen-bond acceptors (Lipinski definition) is 5. The molecular formula is C22H21F6N3O4. The summed E-state index contributed by atoms with van der Waals surface area (Å²) in [6.45, 7) is 1.88. The fourth-order valence-corrected chi connectivity index (χ4v) is 4.17. The summed E-state index contributed by atoms with van der Waals surface area (Å²) in [4.78, 5) is 28.2. The standard InChI is InChI=1S/C22H21F6N3O4/c1-9-14(11-4-5-12(23)15(18(24)25)16(11)34-3)17(35-21(9,2)22(26,27)28)20(33)31-10-6-7-30-13(8-10)19(29)32/h4-9,14,17-18H,1-3H3,(H2,29,32)(H,30,31,33)/t9-,14+,17-,21-/m0/s1. The van der Waals surface area contributed by atoms with Crippen molar-refractivity contribution in [3.63, 3.8) is 0 Å². The third-order valence-electron chi connectivity index (χ3n) is 6.16. The molecule has 0 bridgehead atoms. The Kier molecular flexibility index (Phi) is 7.02. The zero-order valence-electron chi connectivity index (χ0n) is 18.6. The fraction of sp³-hybridized carbons (Fsp3) is 0.409. The number of alkyl halides is 5. The zero-order chi connectivity index (χ0) is 26.3. The van der Waals surface area contributed by atoms with Crippen LogP contribution < -0.4 is 15.8 Å². The molecule has 3 rings (SSSR count). The first-order valence-electron chi connectivity index (χ1n) is 10.2. The monoisotopic (exact) mass is 505 g/mol. The Balaban J connectivity index is 2.12. The highest BCUT2D eigenvalue weighted by molar-refractivity contribution is 5.97. The molecule has 0 radical (unpaired) electrons. The quantitative estimate of drug-likeness (QED) is 0.569. The van der Waals surface area contributed by atoms with E-state index < -0.39 is 65.1 Å². The van der Waals surface area contributed by atoms with Crippen LogP contribution in [0.25, 0.3) is 0 Å². The number of ether oxygens (including phenoxy) is 2. The van der Waals surface area contributed by atoms with Crippen molar-refractivity contribution in [2.24, 2.45) is 11.7 Å². The molecule has 1 saturated heterocycles. The Morgan fingerprint density at radius 2 is 1.91 bits per heavy atom. The number of nitrogens with one attached hydrogen (secondary N) is 1. The topological polar surface area (TPSA) is 104 Å². The lowest BCUT2D eigenvalue weighted by atomic mass is 9.76. The summed E-state index contributed by atoms with van der Waals surface area (Å²) in [6, 6.07) is 4.02. The van der Waals surface area contributed by atoms with E-state index in [1.165, 1.54) is 6.07 Å². The van der Waals surface area contributed by atoms with Gasteiger partial charge in [0.2, 0.25) is 0 Å². The molecule has 1 aromatic heterocycles. The molecule has 4 atom stereocenters. The van der Waals surface area contributed by atoms with Gasteiger partial charge in [0, 0.05) is 29.3 Å². The highest BCUT2D eigenvalue weighted by Crippen LogP contribution is 2.55. The molecule has 0 saturated carbocycles. The third-order valence-corrected chi connectivity index (χ3v) is 6.16. The molecule has 0 spiro atoms. The minimum Gasteiger partial charge on any atom is -0.496 e. The number of benzene rings is 1. The Bertz CT molecular complexity index is 1140. The molecular weight excluding hydrogens is 484 g/mol. The van der Waals surface area contributed by atoms with Gasteiger partial charge in [-0.2, -0.15) is 13.2 Å². The summed E-state index contributed by atoms with van der Waals surface area (Å²) in [7, 11) is 0.963. The molecule has 0 unspecified atom stereocenters. The van der Waals surface area contributed by atoms with E-state index in [9.17, 15) is 35.9 Å². The number of primary amides is 1. The van der Waals surface area contributed by atoms with Crippen LogP contribution in [-0.2, 0) is 9.53 Å². The van der Waals surface area contributed by atoms with E-state index in [4.69, 9.17) is 15.2 Å². The number of rotatable bonds is 6. The lowest BCUT2D eigenvalue weighted by Crippen LogP contribution is -2.47. The van der Waals surface area contributed by atoms with Gasteiger partial charge in [0.1, 0.15) is 23.4 Å². The number of hydrogen-bond donors (Lipinski definition) is 2. The number of halogens is 6. The molecule has 2 aromatic rings. The number of carbonyl (C=O) groups excluding carboxylic acids is 2. The van der Waals surface area contributed by atoms with Crippen molar-refractivity contribution in [2.45, 2.75) is 44.1 Å². The average molecular weight is 505 g/mol. The van der Waals surface area contributed by atoms with Crippen LogP contribution in [0.2, 0.25) is 0 Å². The first-order valence-corrected chi connectivity index (χ1v) is 10.2. The number of aromatic nitrogens is 1. The van der Waals surface area contributed by atoms with Gasteiger partial charge in [-0.15, -0.1) is 0 Å². The minimum absolute atomic E-state index is 0.0197. The van der Waals surface area contributed by atoms with Crippen molar-refractivity contribution in [3.8, 4) is 5.75 Å². The molecule has 13 heteroatoms. The molecule has 1 aliphatic heterocycles. The summed E-state index contributed by atoms with van der Waals surface area (Å²) < 4.78 is 93.6. The van der Waals surface area contributed by atoms with Gasteiger partial charge in [-0.25, -0.2) is 13.2 Å². The Morgan fingerprint density at radius 3 is 2.46 bits per heavy atom. The van der Waals surface area contributed by atoms with Crippen LogP contribution in [-0.4, -0.2) is 41.8 Å². The Labute approximate surface area is 195 Å². The van der Waals surface area contributed by atoms with Crippen molar-refractivity contribution in [1.82, 2.24) is 4.98 Å². The number of nitrogens with zero attached hydrogens (tertiary/aromatic N) is 1. The molecule has 2 amide bonds. The second-order valence-corrected chi connectivity index (χ2v) is 8.13. The maximum atomic E-state index is 14.1. The van der Waals surface area contributed by atoms with Crippen LogP contribution in [0.1, 0.15) is 47.8 Å². The van der Waals surface area contributed by atoms with E-state index >= 15 is 0 Å². The van der Waals surface area contributed by atoms with Crippen LogP contribution in [0, 0.1) is 11.7 Å². The van der Waals surface area contributed by atoms with Gasteiger partial charge in [0.05, 0.1) is 12.7 Å². The normalized spacial score (nSPS) is 24.5. The first kappa shape index (κ1) is 26.3. The number of nitrogens with two attached hydrogens (primary N) is 1. The zero-order valence-corrected chi connectivity index (χ0v) is 18.6. The van der Waals surface area contributed by atoms with Crippen molar-refractivity contribution in [1.29, 1.82) is 0 Å². The van der Waals surface area contributed by atoms with Crippen LogP contribution >= 0.6 is 0 Å². The second-order valence-electron chi connectivity index (χ2n) is 8.13. The lowest BCUT2D eigenvalue weighted by molar-refractivity contribution is -0.272. The van der Waals surface area contributed by atoms with E-state index in [1.807, 2.05) is 0 Å². The van der Waals surface area contributed by atoms with Gasteiger partial charge >= 0.3 is 6.18 Å². The summed E-state index contributed by atoms with van der Waals surface area (Å²) >= 11 is 0. The predicted octanol–water partition coefficient (Wildman–Crippen LogP) is 4.34. The maximum absolute atomic E-state index is 14.1. The molecule has 3 N–H and O–H groups in total. The van der Waals surface area contributed by atoms with E-state index in [1.54, 1.807) is 0 Å². The molecule has 0 aliphatic carbocycles. The van der Waals surface area contributed by atoms with Gasteiger partial charge in [-0.3, -0.25) is 14.6 Å². The summed E-state index contributed by atoms with van der Waals surface area (Å²) in [5, 5.41) is 2.33. The van der Waals surface area contributed by atoms with Crippen LogP contribution in [0.5, 0.6) is 5.75 Å². The average Bonchev–Trinajstić information content (AvgIpc) is 3.05. The van der Waals surface area contributed by atoms with Crippen molar-refractivity contribution in [2.75, 3.05) is 12.4 Å². The highest BCUT2D eigenvalue weighted by Gasteiger charge is 2.66. The summed E-state index contributed by atoms with van der Waals surface area (Å²) in [5.41, 5.74) is 0.654. The van der Waals surface area contributed by atoms with Gasteiger partial charge in [-0.1, -0.05) is 13.0 Å². The van der Waals surface area contributed by atoms with Crippen LogP contribution in [0.3, 0.4) is 0 Å². The largest absolute Gasteiger partial charge is 0.496 e. The number of amides is 2. The molecule has 1 aromatic carbocycles. The number of carbonyl (C=O) groups is 2. The first-order chi connectivity index (χ1) is 16.2. The highest BCUT2D eigenvalue weighted by atomic mass is 19.4. The van der Waals surface area contributed by atoms with Crippen molar-refractivity contribution in [3.05, 3.63) is 53.1 Å². The lowest BCUT2D eigenvalue weighted by Gasteiger charge is -2.32. The predicted molar refractivity (Wildman–Crippen MR) is 111 cm³/mol.